The molecule has 106 valence electrons. The Morgan fingerprint density at radius 3 is 3.05 bits per heavy atom. The molecule has 2 heterocycles. The quantitative estimate of drug-likeness (QED) is 0.882. The number of halogens is 1. The minimum Gasteiger partial charge on any atom is -0.496 e. The zero-order valence-electron chi connectivity index (χ0n) is 11.5. The molecule has 1 aliphatic rings. The highest BCUT2D eigenvalue weighted by Gasteiger charge is 2.22. The number of rotatable bonds is 5. The van der Waals surface area contributed by atoms with Gasteiger partial charge in [-0.15, -0.1) is 11.3 Å². The minimum atomic E-state index is -0.184. The topological polar surface area (TPSA) is 21.3 Å². The maximum atomic E-state index is 13.3. The zero-order chi connectivity index (χ0) is 13.9. The van der Waals surface area contributed by atoms with Gasteiger partial charge < -0.3 is 10.1 Å². The monoisotopic (exact) mass is 291 g/mol. The largest absolute Gasteiger partial charge is 0.496 e. The zero-order valence-corrected chi connectivity index (χ0v) is 12.3. The molecule has 1 aliphatic heterocycles. The van der Waals surface area contributed by atoms with E-state index in [4.69, 9.17) is 4.74 Å². The van der Waals surface area contributed by atoms with Crippen LogP contribution >= 0.6 is 11.3 Å². The molecule has 1 unspecified atom stereocenters. The summed E-state index contributed by atoms with van der Waals surface area (Å²) in [7, 11) is 0. The Morgan fingerprint density at radius 1 is 1.40 bits per heavy atom. The van der Waals surface area contributed by atoms with E-state index in [1.165, 1.54) is 10.9 Å². The number of fused-ring (bicyclic) bond motifs is 1. The van der Waals surface area contributed by atoms with Gasteiger partial charge in [-0.25, -0.2) is 4.39 Å². The minimum absolute atomic E-state index is 0.0953. The third-order valence-corrected chi connectivity index (χ3v) is 4.58. The number of hydrogen-bond acceptors (Lipinski definition) is 3. The lowest BCUT2D eigenvalue weighted by molar-refractivity contribution is 0.216. The molecule has 4 heteroatoms. The Hall–Kier alpha value is -1.39. The summed E-state index contributed by atoms with van der Waals surface area (Å²) >= 11 is 1.70. The summed E-state index contributed by atoms with van der Waals surface area (Å²) in [5.41, 5.74) is 0. The summed E-state index contributed by atoms with van der Waals surface area (Å²) in [5, 5.41) is 4.49. The van der Waals surface area contributed by atoms with Crippen molar-refractivity contribution in [3.63, 3.8) is 0 Å². The number of thiophene rings is 1. The van der Waals surface area contributed by atoms with Crippen LogP contribution in [0.15, 0.2) is 36.1 Å². The van der Waals surface area contributed by atoms with Crippen LogP contribution in [-0.4, -0.2) is 13.2 Å². The van der Waals surface area contributed by atoms with E-state index in [-0.39, 0.29) is 11.9 Å². The molecule has 0 fully saturated rings. The van der Waals surface area contributed by atoms with Crippen LogP contribution in [0, 0.1) is 5.82 Å². The van der Waals surface area contributed by atoms with Crippen molar-refractivity contribution >= 4 is 21.4 Å². The average Bonchev–Trinajstić information content (AvgIpc) is 3.08. The molecule has 1 atom stereocenters. The smallest absolute Gasteiger partial charge is 0.123 e. The van der Waals surface area contributed by atoms with Gasteiger partial charge in [0.1, 0.15) is 11.6 Å². The fourth-order valence-corrected chi connectivity index (χ4v) is 3.57. The molecule has 0 bridgehead atoms. The van der Waals surface area contributed by atoms with Gasteiger partial charge in [0.05, 0.1) is 12.6 Å². The van der Waals surface area contributed by atoms with Gasteiger partial charge in [0.25, 0.3) is 0 Å². The van der Waals surface area contributed by atoms with Gasteiger partial charge in [0.2, 0.25) is 0 Å². The van der Waals surface area contributed by atoms with Gasteiger partial charge in [-0.2, -0.15) is 0 Å². The summed E-state index contributed by atoms with van der Waals surface area (Å²) in [6, 6.07) is 7.12. The van der Waals surface area contributed by atoms with Crippen LogP contribution in [0.25, 0.3) is 10.1 Å². The Morgan fingerprint density at radius 2 is 2.30 bits per heavy atom. The number of benzene rings is 1. The van der Waals surface area contributed by atoms with Crippen LogP contribution in [0.5, 0.6) is 0 Å². The third-order valence-electron chi connectivity index (χ3n) is 3.40. The molecule has 1 N–H and O–H groups in total. The normalized spacial score (nSPS) is 16.2. The summed E-state index contributed by atoms with van der Waals surface area (Å²) in [4.78, 5) is 1.19. The summed E-state index contributed by atoms with van der Waals surface area (Å²) in [6.07, 6.45) is 4.20. The van der Waals surface area contributed by atoms with Crippen molar-refractivity contribution in [3.8, 4) is 0 Å². The van der Waals surface area contributed by atoms with E-state index >= 15 is 0 Å². The van der Waals surface area contributed by atoms with E-state index in [1.807, 2.05) is 6.07 Å². The second-order valence-electron chi connectivity index (χ2n) is 4.96. The fourth-order valence-electron chi connectivity index (χ4n) is 2.45. The van der Waals surface area contributed by atoms with Gasteiger partial charge in [-0.3, -0.25) is 0 Å². The van der Waals surface area contributed by atoms with E-state index in [0.717, 1.165) is 41.8 Å². The number of hydrogen-bond donors (Lipinski definition) is 1. The molecule has 1 aromatic heterocycles. The maximum Gasteiger partial charge on any atom is 0.123 e. The highest BCUT2D eigenvalue weighted by Crippen LogP contribution is 2.35. The lowest BCUT2D eigenvalue weighted by Gasteiger charge is -2.18. The van der Waals surface area contributed by atoms with Crippen molar-refractivity contribution in [1.82, 2.24) is 5.32 Å². The lowest BCUT2D eigenvalue weighted by atomic mass is 10.1. The van der Waals surface area contributed by atoms with Crippen LogP contribution < -0.4 is 5.32 Å². The number of nitrogens with one attached hydrogen (secondary N) is 1. The lowest BCUT2D eigenvalue weighted by Crippen LogP contribution is -2.23. The fraction of sp³-hybridized carbons (Fsp3) is 0.375. The van der Waals surface area contributed by atoms with Crippen molar-refractivity contribution < 1.29 is 9.13 Å². The number of ether oxygens (including phenoxy) is 1. The van der Waals surface area contributed by atoms with E-state index in [1.54, 1.807) is 17.4 Å². The molecule has 0 amide bonds. The van der Waals surface area contributed by atoms with Crippen molar-refractivity contribution in [2.75, 3.05) is 13.2 Å². The molecular formula is C16H18FNOS. The predicted octanol–water partition coefficient (Wildman–Crippen LogP) is 4.39. The first-order valence-corrected chi connectivity index (χ1v) is 7.85. The molecule has 0 aliphatic carbocycles. The summed E-state index contributed by atoms with van der Waals surface area (Å²) in [5.74, 6) is 0.821. The van der Waals surface area contributed by atoms with Crippen molar-refractivity contribution in [3.05, 3.63) is 46.8 Å². The molecular weight excluding hydrogens is 273 g/mol. The standard InChI is InChI=1S/C16H18FNOS/c1-2-7-18-16(13-4-3-8-19-13)15-10-11-9-12(17)5-6-14(11)20-15/h4-6,9-10,16,18H,2-3,7-8H2,1H3. The van der Waals surface area contributed by atoms with Crippen molar-refractivity contribution in [2.24, 2.45) is 0 Å². The Balaban J connectivity index is 1.95. The van der Waals surface area contributed by atoms with Crippen LogP contribution in [0.3, 0.4) is 0 Å². The molecule has 2 aromatic rings. The van der Waals surface area contributed by atoms with E-state index in [2.05, 4.69) is 24.4 Å². The summed E-state index contributed by atoms with van der Waals surface area (Å²) < 4.78 is 20.1. The molecule has 0 radical (unpaired) electrons. The Kier molecular flexibility index (Phi) is 4.03. The third kappa shape index (κ3) is 2.72. The van der Waals surface area contributed by atoms with E-state index in [9.17, 15) is 4.39 Å². The van der Waals surface area contributed by atoms with Gasteiger partial charge >= 0.3 is 0 Å². The second kappa shape index (κ2) is 5.94. The highest BCUT2D eigenvalue weighted by molar-refractivity contribution is 7.19. The average molecular weight is 291 g/mol. The molecule has 3 rings (SSSR count). The first-order valence-electron chi connectivity index (χ1n) is 7.03. The first-order chi connectivity index (χ1) is 9.78. The molecule has 0 saturated heterocycles. The van der Waals surface area contributed by atoms with Gasteiger partial charge in [0.15, 0.2) is 0 Å². The Labute approximate surface area is 122 Å². The van der Waals surface area contributed by atoms with Gasteiger partial charge in [-0.05, 0) is 48.7 Å². The van der Waals surface area contributed by atoms with E-state index in [0.29, 0.717) is 0 Å². The van der Waals surface area contributed by atoms with E-state index < -0.39 is 0 Å². The molecule has 20 heavy (non-hydrogen) atoms. The first kappa shape index (κ1) is 13.6. The summed E-state index contributed by atoms with van der Waals surface area (Å²) in [6.45, 7) is 3.85. The molecule has 0 spiro atoms. The van der Waals surface area contributed by atoms with Crippen molar-refractivity contribution in [2.45, 2.75) is 25.8 Å². The SMILES string of the molecule is CCCNC(C1=CCCO1)c1cc2cc(F)ccc2s1. The molecule has 2 nitrogen and oxygen atoms in total. The van der Waals surface area contributed by atoms with Crippen LogP contribution in [0.4, 0.5) is 4.39 Å². The van der Waals surface area contributed by atoms with Crippen LogP contribution in [-0.2, 0) is 4.74 Å². The predicted molar refractivity (Wildman–Crippen MR) is 81.5 cm³/mol. The van der Waals surface area contributed by atoms with Gasteiger partial charge in [-0.1, -0.05) is 6.92 Å². The van der Waals surface area contributed by atoms with Crippen molar-refractivity contribution in [1.29, 1.82) is 0 Å². The molecule has 1 aromatic carbocycles. The Bertz CT molecular complexity index is 634. The van der Waals surface area contributed by atoms with Gasteiger partial charge in [0, 0.05) is 16.0 Å². The highest BCUT2D eigenvalue weighted by atomic mass is 32.1. The molecule has 0 saturated carbocycles. The second-order valence-corrected chi connectivity index (χ2v) is 6.08. The maximum absolute atomic E-state index is 13.3. The van der Waals surface area contributed by atoms with Crippen LogP contribution in [0.1, 0.15) is 30.7 Å². The van der Waals surface area contributed by atoms with Crippen LogP contribution in [0.2, 0.25) is 0 Å².